The van der Waals surface area contributed by atoms with Crippen LogP contribution in [0.2, 0.25) is 0 Å². The van der Waals surface area contributed by atoms with Crippen LogP contribution in [0.1, 0.15) is 32.1 Å². The summed E-state index contributed by atoms with van der Waals surface area (Å²) in [7, 11) is 2.24. The lowest BCUT2D eigenvalue weighted by molar-refractivity contribution is 0.235. The Kier molecular flexibility index (Phi) is 3.45. The van der Waals surface area contributed by atoms with Gasteiger partial charge in [0.2, 0.25) is 0 Å². The van der Waals surface area contributed by atoms with Crippen molar-refractivity contribution >= 4 is 0 Å². The van der Waals surface area contributed by atoms with E-state index in [2.05, 4.69) is 11.9 Å². The minimum absolute atomic E-state index is 0.822. The Morgan fingerprint density at radius 3 is 2.43 bits per heavy atom. The first-order valence-electron chi connectivity index (χ1n) is 6.20. The average Bonchev–Trinajstić information content (AvgIpc) is 2.79. The quantitative estimate of drug-likeness (QED) is 0.744. The van der Waals surface area contributed by atoms with E-state index in [0.717, 1.165) is 24.3 Å². The Hall–Kier alpha value is -0.0800. The van der Waals surface area contributed by atoms with Crippen LogP contribution >= 0.6 is 0 Å². The van der Waals surface area contributed by atoms with Gasteiger partial charge in [-0.05, 0) is 44.3 Å². The summed E-state index contributed by atoms with van der Waals surface area (Å²) < 4.78 is 0. The van der Waals surface area contributed by atoms with Crippen LogP contribution in [-0.2, 0) is 0 Å². The Morgan fingerprint density at radius 2 is 1.93 bits per heavy atom. The fraction of sp³-hybridized carbons (Fsp3) is 1.00. The fourth-order valence-corrected chi connectivity index (χ4v) is 3.47. The van der Waals surface area contributed by atoms with Gasteiger partial charge in [-0.3, -0.25) is 0 Å². The van der Waals surface area contributed by atoms with E-state index in [4.69, 9.17) is 5.73 Å². The molecule has 1 heterocycles. The van der Waals surface area contributed by atoms with Gasteiger partial charge in [-0.1, -0.05) is 25.7 Å². The highest BCUT2D eigenvalue weighted by molar-refractivity contribution is 4.86. The molecule has 0 aromatic rings. The number of nitrogens with zero attached hydrogens (tertiary/aromatic N) is 1. The monoisotopic (exact) mass is 196 g/mol. The summed E-state index contributed by atoms with van der Waals surface area (Å²) in [6.07, 6.45) is 7.17. The molecule has 1 aliphatic carbocycles. The molecule has 0 aromatic carbocycles. The summed E-state index contributed by atoms with van der Waals surface area (Å²) in [6, 6.07) is 0. The standard InChI is InChI=1S/C12H24N2/c1-14-7-6-11(9-14)12(8-13)10-4-2-3-5-10/h10-12H,2-9,13H2,1H3. The van der Waals surface area contributed by atoms with Crippen molar-refractivity contribution in [1.29, 1.82) is 0 Å². The van der Waals surface area contributed by atoms with Crippen molar-refractivity contribution in [3.05, 3.63) is 0 Å². The van der Waals surface area contributed by atoms with Crippen LogP contribution in [0.15, 0.2) is 0 Å². The van der Waals surface area contributed by atoms with Crippen molar-refractivity contribution in [3.63, 3.8) is 0 Å². The molecule has 2 atom stereocenters. The second-order valence-electron chi connectivity index (χ2n) is 5.26. The highest BCUT2D eigenvalue weighted by Crippen LogP contribution is 2.37. The third kappa shape index (κ3) is 2.12. The van der Waals surface area contributed by atoms with E-state index in [9.17, 15) is 0 Å². The second kappa shape index (κ2) is 4.63. The Labute approximate surface area is 87.8 Å². The summed E-state index contributed by atoms with van der Waals surface area (Å²) in [5.74, 6) is 2.67. The Morgan fingerprint density at radius 1 is 1.21 bits per heavy atom. The van der Waals surface area contributed by atoms with Crippen LogP contribution in [0.25, 0.3) is 0 Å². The van der Waals surface area contributed by atoms with Crippen molar-refractivity contribution in [2.75, 3.05) is 26.7 Å². The lowest BCUT2D eigenvalue weighted by Crippen LogP contribution is -2.31. The smallest absolute Gasteiger partial charge is 0.00103 e. The molecule has 0 aromatic heterocycles. The first kappa shape index (κ1) is 10.4. The zero-order chi connectivity index (χ0) is 9.97. The molecule has 2 rings (SSSR count). The predicted molar refractivity (Wildman–Crippen MR) is 60.1 cm³/mol. The average molecular weight is 196 g/mol. The highest BCUT2D eigenvalue weighted by atomic mass is 15.1. The van der Waals surface area contributed by atoms with Gasteiger partial charge in [0.1, 0.15) is 0 Å². The van der Waals surface area contributed by atoms with Crippen molar-refractivity contribution in [3.8, 4) is 0 Å². The molecule has 2 unspecified atom stereocenters. The summed E-state index contributed by atoms with van der Waals surface area (Å²) >= 11 is 0. The molecule has 0 bridgehead atoms. The molecule has 2 fully saturated rings. The minimum atomic E-state index is 0.822. The number of likely N-dealkylation sites (tertiary alicyclic amines) is 1. The molecule has 2 nitrogen and oxygen atoms in total. The van der Waals surface area contributed by atoms with Crippen LogP contribution in [0.5, 0.6) is 0 Å². The van der Waals surface area contributed by atoms with Crippen molar-refractivity contribution in [2.45, 2.75) is 32.1 Å². The maximum atomic E-state index is 5.96. The highest BCUT2D eigenvalue weighted by Gasteiger charge is 2.33. The van der Waals surface area contributed by atoms with E-state index in [-0.39, 0.29) is 0 Å². The number of hydrogen-bond donors (Lipinski definition) is 1. The molecule has 2 heteroatoms. The van der Waals surface area contributed by atoms with Gasteiger partial charge >= 0.3 is 0 Å². The molecular weight excluding hydrogens is 172 g/mol. The third-order valence-electron chi connectivity index (χ3n) is 4.31. The SMILES string of the molecule is CN1CCC(C(CN)C2CCCC2)C1. The lowest BCUT2D eigenvalue weighted by Gasteiger charge is -2.27. The Balaban J connectivity index is 1.91. The van der Waals surface area contributed by atoms with Crippen LogP contribution in [0.3, 0.4) is 0 Å². The van der Waals surface area contributed by atoms with Crippen molar-refractivity contribution in [1.82, 2.24) is 4.90 Å². The zero-order valence-corrected chi connectivity index (χ0v) is 9.41. The van der Waals surface area contributed by atoms with Gasteiger partial charge in [0.25, 0.3) is 0 Å². The molecule has 0 amide bonds. The van der Waals surface area contributed by atoms with Gasteiger partial charge in [-0.2, -0.15) is 0 Å². The van der Waals surface area contributed by atoms with E-state index in [1.807, 2.05) is 0 Å². The molecule has 1 aliphatic heterocycles. The van der Waals surface area contributed by atoms with E-state index >= 15 is 0 Å². The van der Waals surface area contributed by atoms with Gasteiger partial charge in [0.15, 0.2) is 0 Å². The molecule has 82 valence electrons. The first-order chi connectivity index (χ1) is 6.81. The topological polar surface area (TPSA) is 29.3 Å². The predicted octanol–water partition coefficient (Wildman–Crippen LogP) is 1.70. The van der Waals surface area contributed by atoms with Gasteiger partial charge in [0.05, 0.1) is 0 Å². The Bertz CT molecular complexity index is 175. The van der Waals surface area contributed by atoms with Gasteiger partial charge in [-0.15, -0.1) is 0 Å². The minimum Gasteiger partial charge on any atom is -0.330 e. The molecule has 1 saturated carbocycles. The molecule has 1 saturated heterocycles. The molecule has 2 aliphatic rings. The molecular formula is C12H24N2. The van der Waals surface area contributed by atoms with Gasteiger partial charge in [0, 0.05) is 6.54 Å². The number of hydrogen-bond acceptors (Lipinski definition) is 2. The number of nitrogens with two attached hydrogens (primary N) is 1. The lowest BCUT2D eigenvalue weighted by atomic mass is 9.80. The van der Waals surface area contributed by atoms with E-state index < -0.39 is 0 Å². The number of rotatable bonds is 3. The van der Waals surface area contributed by atoms with E-state index in [1.54, 1.807) is 0 Å². The first-order valence-corrected chi connectivity index (χ1v) is 6.20. The molecule has 0 spiro atoms. The second-order valence-corrected chi connectivity index (χ2v) is 5.26. The fourth-order valence-electron chi connectivity index (χ4n) is 3.47. The summed E-state index contributed by atoms with van der Waals surface area (Å²) in [5, 5.41) is 0. The van der Waals surface area contributed by atoms with Crippen LogP contribution in [0, 0.1) is 17.8 Å². The maximum absolute atomic E-state index is 5.96. The molecule has 14 heavy (non-hydrogen) atoms. The summed E-state index contributed by atoms with van der Waals surface area (Å²) in [6.45, 7) is 3.50. The van der Waals surface area contributed by atoms with Crippen molar-refractivity contribution in [2.24, 2.45) is 23.5 Å². The summed E-state index contributed by atoms with van der Waals surface area (Å²) in [5.41, 5.74) is 5.96. The molecule has 2 N–H and O–H groups in total. The van der Waals surface area contributed by atoms with E-state index in [1.165, 1.54) is 45.2 Å². The van der Waals surface area contributed by atoms with Crippen LogP contribution in [-0.4, -0.2) is 31.6 Å². The van der Waals surface area contributed by atoms with Crippen molar-refractivity contribution < 1.29 is 0 Å². The van der Waals surface area contributed by atoms with Crippen LogP contribution < -0.4 is 5.73 Å². The molecule has 0 radical (unpaired) electrons. The van der Waals surface area contributed by atoms with Gasteiger partial charge < -0.3 is 10.6 Å². The normalized spacial score (nSPS) is 32.6. The maximum Gasteiger partial charge on any atom is 0.00103 e. The van der Waals surface area contributed by atoms with Crippen LogP contribution in [0.4, 0.5) is 0 Å². The van der Waals surface area contributed by atoms with E-state index in [0.29, 0.717) is 0 Å². The zero-order valence-electron chi connectivity index (χ0n) is 9.41. The summed E-state index contributed by atoms with van der Waals surface area (Å²) in [4.78, 5) is 2.46. The van der Waals surface area contributed by atoms with Gasteiger partial charge in [-0.25, -0.2) is 0 Å². The third-order valence-corrected chi connectivity index (χ3v) is 4.31. The largest absolute Gasteiger partial charge is 0.330 e.